The van der Waals surface area contributed by atoms with E-state index in [4.69, 9.17) is 15.0 Å². The standard InChI is InChI=1S/C53H31N5/c1-3-16-32(17-4-1)51-54-52(33-18-5-2-6-19-33)56-53(55-51)34-30-43-38-23-12-14-29-45(38)58-49(43)46(31-34)57-44-28-13-11-22-37(44)41-26-15-27-42(48(41)57)47-39-24-9-7-20-35(39)36-21-8-10-25-40(36)50(47)58/h1-31H. The van der Waals surface area contributed by atoms with E-state index in [9.17, 15) is 0 Å². The van der Waals surface area contributed by atoms with Gasteiger partial charge in [0.1, 0.15) is 0 Å². The van der Waals surface area contributed by atoms with Crippen molar-refractivity contribution in [3.05, 3.63) is 188 Å². The lowest BCUT2D eigenvalue weighted by molar-refractivity contribution is 1.07. The average Bonchev–Trinajstić information content (AvgIpc) is 3.81. The fraction of sp³-hybridized carbons (Fsp3) is 0. The Morgan fingerprint density at radius 1 is 0.259 bits per heavy atom. The van der Waals surface area contributed by atoms with Crippen LogP contribution in [-0.4, -0.2) is 23.8 Å². The van der Waals surface area contributed by atoms with Crippen LogP contribution in [-0.2, 0) is 0 Å². The molecule has 0 fully saturated rings. The monoisotopic (exact) mass is 737 g/mol. The van der Waals surface area contributed by atoms with Gasteiger partial charge in [0.25, 0.3) is 0 Å². The number of aromatic nitrogens is 5. The first-order chi connectivity index (χ1) is 28.8. The summed E-state index contributed by atoms with van der Waals surface area (Å²) in [5, 5.41) is 12.1. The maximum atomic E-state index is 5.24. The third kappa shape index (κ3) is 4.27. The minimum atomic E-state index is 0.627. The SMILES string of the molecule is c1ccc(-c2nc(-c3ccccc3)nc(-c3cc4c5ccccc5n5c6c7ccccc7c7ccccc7c6c6cccc7c8ccccc8n(c(c3)c45)c76)n2)cc1. The lowest BCUT2D eigenvalue weighted by Crippen LogP contribution is -2.01. The van der Waals surface area contributed by atoms with Gasteiger partial charge in [0, 0.05) is 54.4 Å². The van der Waals surface area contributed by atoms with Gasteiger partial charge in [0.05, 0.1) is 33.1 Å². The molecule has 0 unspecified atom stereocenters. The van der Waals surface area contributed by atoms with Gasteiger partial charge in [0.2, 0.25) is 0 Å². The first kappa shape index (κ1) is 31.3. The van der Waals surface area contributed by atoms with Crippen molar-refractivity contribution in [3.8, 4) is 34.2 Å². The van der Waals surface area contributed by atoms with Gasteiger partial charge in [-0.3, -0.25) is 0 Å². The summed E-state index contributed by atoms with van der Waals surface area (Å²) in [6, 6.07) is 67.4. The Bertz CT molecular complexity index is 3790. The first-order valence-electron chi connectivity index (χ1n) is 19.7. The molecule has 0 bridgehead atoms. The molecule has 9 aromatic carbocycles. The van der Waals surface area contributed by atoms with Gasteiger partial charge in [-0.15, -0.1) is 0 Å². The Morgan fingerprint density at radius 3 is 1.36 bits per heavy atom. The van der Waals surface area contributed by atoms with Gasteiger partial charge in [0.15, 0.2) is 17.5 Å². The van der Waals surface area contributed by atoms with Crippen molar-refractivity contribution in [2.75, 3.05) is 0 Å². The average molecular weight is 738 g/mol. The summed E-state index contributed by atoms with van der Waals surface area (Å²) < 4.78 is 5.05. The molecule has 0 spiro atoms. The van der Waals surface area contributed by atoms with Crippen LogP contribution in [0.15, 0.2) is 188 Å². The predicted octanol–water partition coefficient (Wildman–Crippen LogP) is 13.5. The molecule has 0 aliphatic rings. The fourth-order valence-electron chi connectivity index (χ4n) is 9.64. The highest BCUT2D eigenvalue weighted by molar-refractivity contribution is 6.34. The molecular formula is C53H31N5. The Balaban J connectivity index is 1.32. The zero-order valence-corrected chi connectivity index (χ0v) is 31.1. The molecular weight excluding hydrogens is 707 g/mol. The minimum Gasteiger partial charge on any atom is -0.306 e. The predicted molar refractivity (Wildman–Crippen MR) is 241 cm³/mol. The molecule has 0 N–H and O–H groups in total. The quantitative estimate of drug-likeness (QED) is 0.170. The molecule has 0 radical (unpaired) electrons. The van der Waals surface area contributed by atoms with E-state index in [0.29, 0.717) is 17.5 Å². The second kappa shape index (κ2) is 11.8. The van der Waals surface area contributed by atoms with Crippen molar-refractivity contribution in [1.82, 2.24) is 23.8 Å². The van der Waals surface area contributed by atoms with Gasteiger partial charge < -0.3 is 8.80 Å². The largest absolute Gasteiger partial charge is 0.306 e. The third-order valence-corrected chi connectivity index (χ3v) is 12.0. The molecule has 0 aliphatic carbocycles. The minimum absolute atomic E-state index is 0.627. The summed E-state index contributed by atoms with van der Waals surface area (Å²) in [5.74, 6) is 1.91. The van der Waals surface area contributed by atoms with Crippen molar-refractivity contribution in [3.63, 3.8) is 0 Å². The fourth-order valence-corrected chi connectivity index (χ4v) is 9.64. The molecule has 5 heteroatoms. The van der Waals surface area contributed by atoms with Crippen molar-refractivity contribution in [2.24, 2.45) is 0 Å². The maximum Gasteiger partial charge on any atom is 0.164 e. The Morgan fingerprint density at radius 2 is 0.707 bits per heavy atom. The first-order valence-corrected chi connectivity index (χ1v) is 19.7. The molecule has 0 amide bonds. The van der Waals surface area contributed by atoms with E-state index < -0.39 is 0 Å². The van der Waals surface area contributed by atoms with E-state index in [1.807, 2.05) is 36.4 Å². The van der Waals surface area contributed by atoms with Crippen LogP contribution in [0.1, 0.15) is 0 Å². The summed E-state index contributed by atoms with van der Waals surface area (Å²) >= 11 is 0. The smallest absolute Gasteiger partial charge is 0.164 e. The highest BCUT2D eigenvalue weighted by atomic mass is 15.0. The van der Waals surface area contributed by atoms with Crippen LogP contribution in [0, 0.1) is 0 Å². The molecule has 5 nitrogen and oxygen atoms in total. The van der Waals surface area contributed by atoms with E-state index in [1.54, 1.807) is 0 Å². The van der Waals surface area contributed by atoms with Crippen molar-refractivity contribution >= 4 is 87.0 Å². The number of nitrogens with zero attached hydrogens (tertiary/aromatic N) is 5. The highest BCUT2D eigenvalue weighted by Gasteiger charge is 2.23. The van der Waals surface area contributed by atoms with Crippen LogP contribution in [0.4, 0.5) is 0 Å². The number of benzene rings is 9. The summed E-state index contributed by atoms with van der Waals surface area (Å²) in [6.45, 7) is 0. The van der Waals surface area contributed by atoms with Gasteiger partial charge in [-0.1, -0.05) is 164 Å². The Kier molecular flexibility index (Phi) is 6.38. The molecule has 13 rings (SSSR count). The van der Waals surface area contributed by atoms with E-state index in [-0.39, 0.29) is 0 Å². The van der Waals surface area contributed by atoms with Crippen LogP contribution in [0.2, 0.25) is 0 Å². The van der Waals surface area contributed by atoms with Crippen LogP contribution in [0.5, 0.6) is 0 Å². The molecule has 4 aromatic heterocycles. The van der Waals surface area contributed by atoms with Crippen LogP contribution in [0.25, 0.3) is 121 Å². The maximum absolute atomic E-state index is 5.24. The number of rotatable bonds is 3. The van der Waals surface area contributed by atoms with Crippen LogP contribution in [0.3, 0.4) is 0 Å². The third-order valence-electron chi connectivity index (χ3n) is 12.0. The lowest BCUT2D eigenvalue weighted by Gasteiger charge is -2.16. The van der Waals surface area contributed by atoms with E-state index >= 15 is 0 Å². The highest BCUT2D eigenvalue weighted by Crippen LogP contribution is 2.45. The molecule has 0 saturated heterocycles. The zero-order chi connectivity index (χ0) is 37.9. The van der Waals surface area contributed by atoms with E-state index in [1.165, 1.54) is 59.5 Å². The van der Waals surface area contributed by atoms with Gasteiger partial charge in [-0.05, 0) is 40.4 Å². The summed E-state index contributed by atoms with van der Waals surface area (Å²) in [6.07, 6.45) is 0. The number of para-hydroxylation sites is 3. The van der Waals surface area contributed by atoms with Gasteiger partial charge in [-0.2, -0.15) is 0 Å². The number of hydrogen-bond donors (Lipinski definition) is 0. The Labute approximate surface area is 331 Å². The van der Waals surface area contributed by atoms with Gasteiger partial charge >= 0.3 is 0 Å². The molecule has 4 heterocycles. The second-order valence-corrected chi connectivity index (χ2v) is 15.2. The normalized spacial score (nSPS) is 12.1. The number of fused-ring (bicyclic) bond motifs is 15. The van der Waals surface area contributed by atoms with Crippen LogP contribution >= 0.6 is 0 Å². The molecule has 268 valence electrons. The Hall–Kier alpha value is -7.89. The molecule has 0 aliphatic heterocycles. The second-order valence-electron chi connectivity index (χ2n) is 15.2. The lowest BCUT2D eigenvalue weighted by atomic mass is 9.94. The van der Waals surface area contributed by atoms with Gasteiger partial charge in [-0.25, -0.2) is 15.0 Å². The molecule has 0 atom stereocenters. The van der Waals surface area contributed by atoms with E-state index in [2.05, 4.69) is 160 Å². The van der Waals surface area contributed by atoms with E-state index in [0.717, 1.165) is 44.1 Å². The summed E-state index contributed by atoms with van der Waals surface area (Å²) in [7, 11) is 0. The summed E-state index contributed by atoms with van der Waals surface area (Å²) in [4.78, 5) is 15.5. The van der Waals surface area contributed by atoms with Crippen molar-refractivity contribution in [1.29, 1.82) is 0 Å². The van der Waals surface area contributed by atoms with Crippen LogP contribution < -0.4 is 0 Å². The zero-order valence-electron chi connectivity index (χ0n) is 31.1. The number of hydrogen-bond acceptors (Lipinski definition) is 3. The topological polar surface area (TPSA) is 47.5 Å². The molecule has 58 heavy (non-hydrogen) atoms. The summed E-state index contributed by atoms with van der Waals surface area (Å²) in [5.41, 5.74) is 9.71. The molecule has 13 aromatic rings. The molecule has 0 saturated carbocycles. The van der Waals surface area contributed by atoms with Crippen molar-refractivity contribution < 1.29 is 0 Å². The van der Waals surface area contributed by atoms with Crippen molar-refractivity contribution in [2.45, 2.75) is 0 Å².